The molecule has 0 saturated heterocycles. The standard InChI is InChI=1S/C14H24N2O3S/c1-11(2)7-9-19-10-8-16-20(17,18)14-12(3)5-4-6-13(14)15/h4-6,11,16H,7-10,15H2,1-3H3. The number of benzene rings is 1. The molecule has 0 aliphatic heterocycles. The summed E-state index contributed by atoms with van der Waals surface area (Å²) in [7, 11) is -3.58. The van der Waals surface area contributed by atoms with Gasteiger partial charge in [-0.05, 0) is 30.9 Å². The molecule has 0 fully saturated rings. The fourth-order valence-corrected chi connectivity index (χ4v) is 3.15. The maximum absolute atomic E-state index is 12.2. The highest BCUT2D eigenvalue weighted by Crippen LogP contribution is 2.21. The van der Waals surface area contributed by atoms with Gasteiger partial charge >= 0.3 is 0 Å². The van der Waals surface area contributed by atoms with Crippen LogP contribution in [0.5, 0.6) is 0 Å². The molecule has 1 rings (SSSR count). The van der Waals surface area contributed by atoms with Crippen LogP contribution < -0.4 is 10.5 Å². The number of nitrogen functional groups attached to an aromatic ring is 1. The van der Waals surface area contributed by atoms with E-state index >= 15 is 0 Å². The van der Waals surface area contributed by atoms with Crippen molar-refractivity contribution < 1.29 is 13.2 Å². The van der Waals surface area contributed by atoms with Crippen LogP contribution >= 0.6 is 0 Å². The van der Waals surface area contributed by atoms with Crippen molar-refractivity contribution in [3.63, 3.8) is 0 Å². The molecule has 0 amide bonds. The molecule has 20 heavy (non-hydrogen) atoms. The van der Waals surface area contributed by atoms with Gasteiger partial charge in [-0.25, -0.2) is 13.1 Å². The Morgan fingerprint density at radius 3 is 2.60 bits per heavy atom. The molecule has 0 radical (unpaired) electrons. The summed E-state index contributed by atoms with van der Waals surface area (Å²) < 4.78 is 32.2. The Morgan fingerprint density at radius 1 is 1.30 bits per heavy atom. The Balaban J connectivity index is 2.50. The lowest BCUT2D eigenvalue weighted by Crippen LogP contribution is -2.28. The van der Waals surface area contributed by atoms with Crippen LogP contribution in [-0.4, -0.2) is 28.2 Å². The number of sulfonamides is 1. The Kier molecular flexibility index (Phi) is 6.45. The SMILES string of the molecule is Cc1cccc(N)c1S(=O)(=O)NCCOCCC(C)C. The van der Waals surface area contributed by atoms with Crippen LogP contribution in [0.4, 0.5) is 5.69 Å². The third-order valence-electron chi connectivity index (χ3n) is 2.89. The number of rotatable bonds is 8. The van der Waals surface area contributed by atoms with Gasteiger partial charge < -0.3 is 10.5 Å². The van der Waals surface area contributed by atoms with Gasteiger partial charge in [-0.1, -0.05) is 26.0 Å². The summed E-state index contributed by atoms with van der Waals surface area (Å²) in [5.41, 5.74) is 6.64. The van der Waals surface area contributed by atoms with Crippen LogP contribution in [0.3, 0.4) is 0 Å². The van der Waals surface area contributed by atoms with Crippen molar-refractivity contribution in [2.45, 2.75) is 32.1 Å². The minimum Gasteiger partial charge on any atom is -0.398 e. The number of ether oxygens (including phenoxy) is 1. The number of nitrogens with one attached hydrogen (secondary N) is 1. The zero-order chi connectivity index (χ0) is 15.2. The van der Waals surface area contributed by atoms with E-state index in [0.717, 1.165) is 6.42 Å². The molecule has 0 aromatic heterocycles. The Labute approximate surface area is 121 Å². The average molecular weight is 300 g/mol. The highest BCUT2D eigenvalue weighted by molar-refractivity contribution is 7.89. The summed E-state index contributed by atoms with van der Waals surface area (Å²) in [5.74, 6) is 0.582. The van der Waals surface area contributed by atoms with Gasteiger partial charge in [-0.3, -0.25) is 0 Å². The Hall–Kier alpha value is -1.11. The van der Waals surface area contributed by atoms with E-state index in [1.165, 1.54) is 0 Å². The van der Waals surface area contributed by atoms with Gasteiger partial charge in [0.1, 0.15) is 4.90 Å². The van der Waals surface area contributed by atoms with E-state index in [9.17, 15) is 8.42 Å². The maximum atomic E-state index is 12.2. The summed E-state index contributed by atoms with van der Waals surface area (Å²) in [6, 6.07) is 5.05. The number of aryl methyl sites for hydroxylation is 1. The van der Waals surface area contributed by atoms with Crippen molar-refractivity contribution >= 4 is 15.7 Å². The molecular formula is C14H24N2O3S. The molecule has 0 bridgehead atoms. The van der Waals surface area contributed by atoms with Crippen molar-refractivity contribution in [2.75, 3.05) is 25.5 Å². The zero-order valence-corrected chi connectivity index (χ0v) is 13.2. The lowest BCUT2D eigenvalue weighted by atomic mass is 10.1. The van der Waals surface area contributed by atoms with Gasteiger partial charge in [0.2, 0.25) is 10.0 Å². The highest BCUT2D eigenvalue weighted by Gasteiger charge is 2.19. The first-order valence-corrected chi connectivity index (χ1v) is 8.25. The van der Waals surface area contributed by atoms with Crippen molar-refractivity contribution in [3.8, 4) is 0 Å². The van der Waals surface area contributed by atoms with E-state index < -0.39 is 10.0 Å². The minimum atomic E-state index is -3.58. The number of hydrogen-bond acceptors (Lipinski definition) is 4. The predicted molar refractivity (Wildman–Crippen MR) is 81.1 cm³/mol. The summed E-state index contributed by atoms with van der Waals surface area (Å²) in [6.07, 6.45) is 0.970. The third kappa shape index (κ3) is 5.11. The quantitative estimate of drug-likeness (QED) is 0.567. The van der Waals surface area contributed by atoms with Gasteiger partial charge in [-0.15, -0.1) is 0 Å². The minimum absolute atomic E-state index is 0.155. The molecule has 3 N–H and O–H groups in total. The highest BCUT2D eigenvalue weighted by atomic mass is 32.2. The number of nitrogens with two attached hydrogens (primary N) is 1. The largest absolute Gasteiger partial charge is 0.398 e. The molecule has 5 nitrogen and oxygen atoms in total. The molecule has 6 heteroatoms. The van der Waals surface area contributed by atoms with Gasteiger partial charge in [0.05, 0.1) is 12.3 Å². The van der Waals surface area contributed by atoms with Crippen molar-refractivity contribution in [1.29, 1.82) is 0 Å². The summed E-state index contributed by atoms with van der Waals surface area (Å²) in [6.45, 7) is 7.21. The van der Waals surface area contributed by atoms with Crippen LogP contribution in [0.25, 0.3) is 0 Å². The van der Waals surface area contributed by atoms with Gasteiger partial charge in [0, 0.05) is 13.2 Å². The third-order valence-corrected chi connectivity index (χ3v) is 4.57. The van der Waals surface area contributed by atoms with Crippen molar-refractivity contribution in [3.05, 3.63) is 23.8 Å². The predicted octanol–water partition coefficient (Wildman–Crippen LogP) is 1.92. The van der Waals surface area contributed by atoms with Gasteiger partial charge in [0.15, 0.2) is 0 Å². The van der Waals surface area contributed by atoms with E-state index in [1.807, 2.05) is 0 Å². The van der Waals surface area contributed by atoms with E-state index in [2.05, 4.69) is 18.6 Å². The van der Waals surface area contributed by atoms with E-state index in [1.54, 1.807) is 25.1 Å². The Morgan fingerprint density at radius 2 is 2.00 bits per heavy atom. The fourth-order valence-electron chi connectivity index (χ4n) is 1.78. The molecule has 1 aromatic carbocycles. The van der Waals surface area contributed by atoms with Gasteiger partial charge in [-0.2, -0.15) is 0 Å². The number of anilines is 1. The summed E-state index contributed by atoms with van der Waals surface area (Å²) >= 11 is 0. The first-order valence-electron chi connectivity index (χ1n) is 6.77. The molecule has 0 saturated carbocycles. The molecule has 0 aliphatic rings. The molecule has 0 aliphatic carbocycles. The second kappa shape index (κ2) is 7.61. The monoisotopic (exact) mass is 300 g/mol. The van der Waals surface area contributed by atoms with Crippen LogP contribution in [0, 0.1) is 12.8 Å². The van der Waals surface area contributed by atoms with Crippen LogP contribution in [0.2, 0.25) is 0 Å². The van der Waals surface area contributed by atoms with Crippen molar-refractivity contribution in [1.82, 2.24) is 4.72 Å². The summed E-state index contributed by atoms with van der Waals surface area (Å²) in [4.78, 5) is 0.155. The Bertz CT molecular complexity index is 507. The normalized spacial score (nSPS) is 12.0. The maximum Gasteiger partial charge on any atom is 0.242 e. The average Bonchev–Trinajstić information content (AvgIpc) is 2.32. The molecule has 0 unspecified atom stereocenters. The fraction of sp³-hybridized carbons (Fsp3) is 0.571. The first kappa shape index (κ1) is 16.9. The topological polar surface area (TPSA) is 81.4 Å². The van der Waals surface area contributed by atoms with Crippen LogP contribution in [0.1, 0.15) is 25.8 Å². The van der Waals surface area contributed by atoms with Crippen LogP contribution in [-0.2, 0) is 14.8 Å². The number of hydrogen-bond donors (Lipinski definition) is 2. The smallest absolute Gasteiger partial charge is 0.242 e. The molecule has 0 spiro atoms. The molecular weight excluding hydrogens is 276 g/mol. The lowest BCUT2D eigenvalue weighted by Gasteiger charge is -2.12. The lowest BCUT2D eigenvalue weighted by molar-refractivity contribution is 0.128. The van der Waals surface area contributed by atoms with E-state index in [-0.39, 0.29) is 17.1 Å². The first-order chi connectivity index (χ1) is 9.34. The van der Waals surface area contributed by atoms with E-state index in [0.29, 0.717) is 24.7 Å². The second-order valence-electron chi connectivity index (χ2n) is 5.19. The van der Waals surface area contributed by atoms with Crippen LogP contribution in [0.15, 0.2) is 23.1 Å². The second-order valence-corrected chi connectivity index (χ2v) is 6.89. The van der Waals surface area contributed by atoms with Gasteiger partial charge in [0.25, 0.3) is 0 Å². The van der Waals surface area contributed by atoms with Crippen molar-refractivity contribution in [2.24, 2.45) is 5.92 Å². The zero-order valence-electron chi connectivity index (χ0n) is 12.3. The molecule has 114 valence electrons. The van der Waals surface area contributed by atoms with E-state index in [4.69, 9.17) is 10.5 Å². The molecule has 1 aromatic rings. The molecule has 0 heterocycles. The summed E-state index contributed by atoms with van der Waals surface area (Å²) in [5, 5.41) is 0. The molecule has 0 atom stereocenters.